The van der Waals surface area contributed by atoms with Crippen LogP contribution in [0.5, 0.6) is 5.75 Å². The summed E-state index contributed by atoms with van der Waals surface area (Å²) in [5.41, 5.74) is 6.73. The summed E-state index contributed by atoms with van der Waals surface area (Å²) in [5.74, 6) is -0.213. The van der Waals surface area contributed by atoms with E-state index >= 15 is 0 Å². The zero-order valence-corrected chi connectivity index (χ0v) is 15.6. The summed E-state index contributed by atoms with van der Waals surface area (Å²) in [6, 6.07) is 7.11. The number of carbonyl (C=O) groups excluding carboxylic acids is 2. The minimum Gasteiger partial charge on any atom is -0.490 e. The van der Waals surface area contributed by atoms with Crippen molar-refractivity contribution in [3.63, 3.8) is 0 Å². The third-order valence-corrected chi connectivity index (χ3v) is 4.60. The summed E-state index contributed by atoms with van der Waals surface area (Å²) in [7, 11) is 2.94. The van der Waals surface area contributed by atoms with Crippen LogP contribution in [0, 0.1) is 16.7 Å². The second-order valence-electron chi connectivity index (χ2n) is 6.97. The lowest BCUT2D eigenvalue weighted by Gasteiger charge is -2.24. The fraction of sp³-hybridized carbons (Fsp3) is 0.316. The van der Waals surface area contributed by atoms with Crippen LogP contribution in [0.25, 0.3) is 5.69 Å². The molecule has 1 aromatic carbocycles. The summed E-state index contributed by atoms with van der Waals surface area (Å²) >= 11 is 0. The molecule has 27 heavy (non-hydrogen) atoms. The highest BCUT2D eigenvalue weighted by Crippen LogP contribution is 2.37. The fourth-order valence-electron chi connectivity index (χ4n) is 3.05. The molecular formula is C19H20N4O4. The number of nitrogens with zero attached hydrogens (tertiary/aromatic N) is 3. The minimum atomic E-state index is -0.670. The van der Waals surface area contributed by atoms with Gasteiger partial charge in [0.2, 0.25) is 5.91 Å². The van der Waals surface area contributed by atoms with E-state index in [0.29, 0.717) is 17.1 Å². The number of hydrogen-bond donors (Lipinski definition) is 1. The Labute approximate surface area is 156 Å². The average Bonchev–Trinajstić information content (AvgIpc) is 2.96. The molecule has 2 N–H and O–H groups in total. The molecule has 0 spiro atoms. The van der Waals surface area contributed by atoms with Crippen LogP contribution >= 0.6 is 0 Å². The van der Waals surface area contributed by atoms with Crippen LogP contribution in [0.3, 0.4) is 0 Å². The van der Waals surface area contributed by atoms with Crippen LogP contribution in [-0.4, -0.2) is 37.2 Å². The van der Waals surface area contributed by atoms with Crippen molar-refractivity contribution in [1.82, 2.24) is 4.57 Å². The van der Waals surface area contributed by atoms with Crippen LogP contribution < -0.4 is 15.4 Å². The van der Waals surface area contributed by atoms with Crippen molar-refractivity contribution in [2.24, 2.45) is 5.41 Å². The number of nitriles is 1. The third kappa shape index (κ3) is 2.87. The Morgan fingerprint density at radius 2 is 2.11 bits per heavy atom. The molecule has 0 fully saturated rings. The highest BCUT2D eigenvalue weighted by atomic mass is 16.5. The van der Waals surface area contributed by atoms with E-state index in [0.717, 1.165) is 0 Å². The Balaban J connectivity index is 2.15. The molecule has 1 aromatic heterocycles. The van der Waals surface area contributed by atoms with E-state index in [1.165, 1.54) is 17.9 Å². The number of hydrogen-bond acceptors (Lipinski definition) is 6. The number of benzene rings is 1. The molecule has 2 heterocycles. The summed E-state index contributed by atoms with van der Waals surface area (Å²) in [5, 5.41) is 9.24. The molecular weight excluding hydrogens is 348 g/mol. The summed E-state index contributed by atoms with van der Waals surface area (Å²) in [6.45, 7) is 3.85. The number of anilines is 2. The van der Waals surface area contributed by atoms with Crippen LogP contribution in [-0.2, 0) is 9.53 Å². The van der Waals surface area contributed by atoms with Gasteiger partial charge in [0, 0.05) is 25.0 Å². The minimum absolute atomic E-state index is 0.0497. The van der Waals surface area contributed by atoms with Crippen LogP contribution in [0.1, 0.15) is 29.9 Å². The number of amides is 1. The second kappa shape index (κ2) is 6.36. The predicted molar refractivity (Wildman–Crippen MR) is 98.9 cm³/mol. The van der Waals surface area contributed by atoms with Gasteiger partial charge in [-0.05, 0) is 26.0 Å². The molecule has 0 atom stereocenters. The maximum atomic E-state index is 12.6. The normalized spacial score (nSPS) is 15.4. The second-order valence-corrected chi connectivity index (χ2v) is 6.97. The third-order valence-electron chi connectivity index (χ3n) is 4.60. The molecule has 0 bridgehead atoms. The van der Waals surface area contributed by atoms with Crippen molar-refractivity contribution in [1.29, 1.82) is 5.26 Å². The summed E-state index contributed by atoms with van der Waals surface area (Å²) in [4.78, 5) is 26.3. The lowest BCUT2D eigenvalue weighted by atomic mass is 9.93. The maximum absolute atomic E-state index is 12.6. The number of carbonyl (C=O) groups is 2. The van der Waals surface area contributed by atoms with Gasteiger partial charge in [0.15, 0.2) is 5.69 Å². The van der Waals surface area contributed by atoms with E-state index in [1.54, 1.807) is 30.1 Å². The SMILES string of the molecule is COC(=O)c1c(N)c(C#N)cn1-c1ccc2c(c1)OCC(C)(C)C(=O)N2C. The zero-order chi connectivity index (χ0) is 19.9. The van der Waals surface area contributed by atoms with E-state index in [-0.39, 0.29) is 29.5 Å². The highest BCUT2D eigenvalue weighted by molar-refractivity contribution is 5.99. The van der Waals surface area contributed by atoms with Gasteiger partial charge in [0.1, 0.15) is 18.4 Å². The molecule has 0 aliphatic carbocycles. The first-order valence-electron chi connectivity index (χ1n) is 8.26. The fourth-order valence-corrected chi connectivity index (χ4v) is 3.05. The lowest BCUT2D eigenvalue weighted by Crippen LogP contribution is -2.39. The van der Waals surface area contributed by atoms with E-state index < -0.39 is 11.4 Å². The molecule has 1 aliphatic heterocycles. The standard InChI is InChI=1S/C19H20N4O4/c1-19(2)10-27-14-7-12(5-6-13(14)22(3)18(19)25)23-9-11(8-20)15(21)16(23)17(24)26-4/h5-7,9H,10,21H2,1-4H3. The van der Waals surface area contributed by atoms with Crippen LogP contribution in [0.4, 0.5) is 11.4 Å². The predicted octanol–water partition coefficient (Wildman–Crippen LogP) is 2.10. The van der Waals surface area contributed by atoms with Gasteiger partial charge in [-0.15, -0.1) is 0 Å². The van der Waals surface area contributed by atoms with Crippen LogP contribution in [0.15, 0.2) is 24.4 Å². The summed E-state index contributed by atoms with van der Waals surface area (Å²) < 4.78 is 12.2. The first kappa shape index (κ1) is 18.3. The van der Waals surface area contributed by atoms with Gasteiger partial charge in [0.05, 0.1) is 29.5 Å². The van der Waals surface area contributed by atoms with E-state index in [2.05, 4.69) is 0 Å². The molecule has 0 saturated heterocycles. The Hall–Kier alpha value is -3.47. The number of rotatable bonds is 2. The Bertz CT molecular complexity index is 984. The largest absolute Gasteiger partial charge is 0.490 e. The van der Waals surface area contributed by atoms with Gasteiger partial charge in [-0.3, -0.25) is 4.79 Å². The maximum Gasteiger partial charge on any atom is 0.357 e. The first-order valence-corrected chi connectivity index (χ1v) is 8.26. The molecule has 0 radical (unpaired) electrons. The monoisotopic (exact) mass is 368 g/mol. The number of nitrogens with two attached hydrogens (primary N) is 1. The van der Waals surface area contributed by atoms with Crippen molar-refractivity contribution >= 4 is 23.3 Å². The van der Waals surface area contributed by atoms with Gasteiger partial charge in [-0.1, -0.05) is 0 Å². The van der Waals surface area contributed by atoms with Gasteiger partial charge >= 0.3 is 5.97 Å². The number of nitrogen functional groups attached to an aromatic ring is 1. The number of ether oxygens (including phenoxy) is 2. The van der Waals surface area contributed by atoms with Crippen LogP contribution in [0.2, 0.25) is 0 Å². The van der Waals surface area contributed by atoms with Gasteiger partial charge in [0.25, 0.3) is 0 Å². The smallest absolute Gasteiger partial charge is 0.357 e. The molecule has 140 valence electrons. The molecule has 8 heteroatoms. The van der Waals surface area contributed by atoms with Crippen molar-refractivity contribution in [3.05, 3.63) is 35.7 Å². The van der Waals surface area contributed by atoms with Crippen molar-refractivity contribution < 1.29 is 19.1 Å². The quantitative estimate of drug-likeness (QED) is 0.813. The highest BCUT2D eigenvalue weighted by Gasteiger charge is 2.36. The Kier molecular flexibility index (Phi) is 4.31. The molecule has 1 amide bonds. The number of methoxy groups -OCH3 is 1. The van der Waals surface area contributed by atoms with E-state index in [1.807, 2.05) is 19.9 Å². The number of fused-ring (bicyclic) bond motifs is 1. The molecule has 1 aliphatic rings. The molecule has 0 unspecified atom stereocenters. The topological polar surface area (TPSA) is 111 Å². The number of esters is 1. The molecule has 2 aromatic rings. The molecule has 0 saturated carbocycles. The van der Waals surface area contributed by atoms with E-state index in [4.69, 9.17) is 15.2 Å². The van der Waals surface area contributed by atoms with Crippen molar-refractivity contribution in [3.8, 4) is 17.5 Å². The lowest BCUT2D eigenvalue weighted by molar-refractivity contribution is -0.127. The van der Waals surface area contributed by atoms with Gasteiger partial charge < -0.3 is 24.7 Å². The first-order chi connectivity index (χ1) is 12.7. The van der Waals surface area contributed by atoms with Gasteiger partial charge in [-0.25, -0.2) is 4.79 Å². The van der Waals surface area contributed by atoms with Gasteiger partial charge in [-0.2, -0.15) is 5.26 Å². The Morgan fingerprint density at radius 1 is 1.41 bits per heavy atom. The zero-order valence-electron chi connectivity index (χ0n) is 15.6. The molecule has 3 rings (SSSR count). The summed E-state index contributed by atoms with van der Waals surface area (Å²) in [6.07, 6.45) is 1.47. The average molecular weight is 368 g/mol. The Morgan fingerprint density at radius 3 is 2.74 bits per heavy atom. The van der Waals surface area contributed by atoms with Crippen molar-refractivity contribution in [2.45, 2.75) is 13.8 Å². The molecule has 8 nitrogen and oxygen atoms in total. The number of aromatic nitrogens is 1. The van der Waals surface area contributed by atoms with E-state index in [9.17, 15) is 14.9 Å². The van der Waals surface area contributed by atoms with Crippen molar-refractivity contribution in [2.75, 3.05) is 31.4 Å².